The van der Waals surface area contributed by atoms with E-state index in [4.69, 9.17) is 40.0 Å². The number of esters is 5. The molecular weight excluding hydrogens is 564 g/mol. The molecule has 2 saturated heterocycles. The Morgan fingerprint density at radius 2 is 1.46 bits per heavy atom. The predicted molar refractivity (Wildman–Crippen MR) is 139 cm³/mol. The van der Waals surface area contributed by atoms with E-state index in [1.165, 1.54) is 27.7 Å². The van der Waals surface area contributed by atoms with Gasteiger partial charge in [0.1, 0.15) is 30.0 Å². The van der Waals surface area contributed by atoms with Crippen molar-refractivity contribution in [2.24, 2.45) is 17.3 Å². The molecule has 0 unspecified atom stereocenters. The molecule has 0 aromatic rings. The third-order valence-electron chi connectivity index (χ3n) is 9.14. The Morgan fingerprint density at radius 1 is 0.951 bits per heavy atom. The van der Waals surface area contributed by atoms with Gasteiger partial charge >= 0.3 is 29.8 Å². The van der Waals surface area contributed by atoms with E-state index < -0.39 is 94.2 Å². The lowest BCUT2D eigenvalue weighted by Crippen LogP contribution is -2.72. The van der Waals surface area contributed by atoms with Gasteiger partial charge in [-0.1, -0.05) is 19.1 Å². The highest BCUT2D eigenvalue weighted by Gasteiger charge is 2.78. The van der Waals surface area contributed by atoms with Crippen LogP contribution in [0.4, 0.5) is 0 Å². The van der Waals surface area contributed by atoms with Gasteiger partial charge in [-0.05, 0) is 19.8 Å². The number of hydrogen-bond acceptors (Lipinski definition) is 12. The number of alkyl halides is 1. The van der Waals surface area contributed by atoms with Crippen LogP contribution in [0, 0.1) is 17.3 Å². The van der Waals surface area contributed by atoms with Crippen LogP contribution < -0.4 is 0 Å². The Kier molecular flexibility index (Phi) is 8.27. The molecule has 41 heavy (non-hydrogen) atoms. The number of aliphatic hydroxyl groups is 1. The van der Waals surface area contributed by atoms with Gasteiger partial charge < -0.3 is 33.5 Å². The van der Waals surface area contributed by atoms with Crippen molar-refractivity contribution >= 4 is 41.4 Å². The van der Waals surface area contributed by atoms with Crippen molar-refractivity contribution in [2.75, 3.05) is 6.61 Å². The van der Waals surface area contributed by atoms with E-state index in [-0.39, 0.29) is 25.9 Å². The van der Waals surface area contributed by atoms with Crippen LogP contribution in [-0.4, -0.2) is 88.7 Å². The Bertz CT molecular complexity index is 1150. The van der Waals surface area contributed by atoms with Crippen LogP contribution in [0.3, 0.4) is 0 Å². The van der Waals surface area contributed by atoms with E-state index in [2.05, 4.69) is 6.58 Å². The van der Waals surface area contributed by atoms with Crippen molar-refractivity contribution in [3.63, 3.8) is 0 Å². The van der Waals surface area contributed by atoms with E-state index >= 15 is 0 Å². The summed E-state index contributed by atoms with van der Waals surface area (Å²) in [5.41, 5.74) is -4.66. The minimum Gasteiger partial charge on any atom is -0.462 e. The molecule has 0 bridgehead atoms. The van der Waals surface area contributed by atoms with Gasteiger partial charge in [0.2, 0.25) is 0 Å². The van der Waals surface area contributed by atoms with Crippen LogP contribution in [0.2, 0.25) is 0 Å². The Labute approximate surface area is 242 Å². The van der Waals surface area contributed by atoms with E-state index in [9.17, 15) is 29.1 Å². The first-order valence-electron chi connectivity index (χ1n) is 13.6. The molecule has 0 amide bonds. The van der Waals surface area contributed by atoms with Crippen LogP contribution in [0.5, 0.6) is 0 Å². The van der Waals surface area contributed by atoms with E-state index in [1.54, 1.807) is 6.92 Å². The fourth-order valence-corrected chi connectivity index (χ4v) is 7.53. The molecular formula is C28H37ClO12. The molecule has 11 atom stereocenters. The first kappa shape index (κ1) is 31.2. The normalized spacial score (nSPS) is 43.6. The molecule has 0 aromatic carbocycles. The molecule has 4 rings (SSSR count). The highest BCUT2D eigenvalue weighted by atomic mass is 35.5. The summed E-state index contributed by atoms with van der Waals surface area (Å²) in [5.74, 6) is -5.94. The summed E-state index contributed by atoms with van der Waals surface area (Å²) in [4.78, 5) is 62.9. The highest BCUT2D eigenvalue weighted by Crippen LogP contribution is 2.63. The topological polar surface area (TPSA) is 164 Å². The largest absolute Gasteiger partial charge is 0.462 e. The van der Waals surface area contributed by atoms with Gasteiger partial charge in [-0.2, -0.15) is 0 Å². The van der Waals surface area contributed by atoms with Crippen molar-refractivity contribution in [3.8, 4) is 0 Å². The fourth-order valence-electron chi connectivity index (χ4n) is 7.17. The minimum absolute atomic E-state index is 0.00347. The van der Waals surface area contributed by atoms with Crippen LogP contribution >= 0.6 is 11.6 Å². The molecule has 1 N–H and O–H groups in total. The summed E-state index contributed by atoms with van der Waals surface area (Å²) in [7, 11) is 0. The molecule has 228 valence electrons. The molecule has 1 spiro atoms. The summed E-state index contributed by atoms with van der Waals surface area (Å²) in [5, 5.41) is 11.5. The highest BCUT2D eigenvalue weighted by molar-refractivity contribution is 6.23. The SMILES string of the molecule is C=C1CC[C@@H](OC(C)=O)[C@@]2(C)[C@@H](OC(C)=O)C[C@@H](OC(C)=O)[C@]3(CO3)[C@@H]2[C@@H](OC(C)=O)[C@]2(O)[C@@H](C)C(=O)O[C@H]2[C@H]1Cl. The summed E-state index contributed by atoms with van der Waals surface area (Å²) in [6.07, 6.45) is -5.82. The van der Waals surface area contributed by atoms with Crippen LogP contribution in [0.1, 0.15) is 60.8 Å². The van der Waals surface area contributed by atoms with Crippen LogP contribution in [-0.2, 0) is 52.4 Å². The number of epoxide rings is 1. The first-order chi connectivity index (χ1) is 19.0. The monoisotopic (exact) mass is 600 g/mol. The molecule has 2 heterocycles. The Balaban J connectivity index is 2.06. The maximum absolute atomic E-state index is 13.0. The molecule has 4 fully saturated rings. The number of rotatable bonds is 4. The van der Waals surface area contributed by atoms with Crippen molar-refractivity contribution in [1.82, 2.24) is 0 Å². The standard InChI is InChI=1S/C28H37ClO12/c1-12-8-9-18(37-14(3)30)26(7)19(38-15(4)31)10-20(39-16(5)32)27(11-36-27)22(26)24(40-17(6)33)28(35)13(2)25(34)41-23(28)21(12)29/h13,18-24,35H,1,8-11H2,2-7H3/t13-,18+,19-,20+,21-,22+,23-,24+,26-,27+,28-/m0/s1. The van der Waals surface area contributed by atoms with Crippen LogP contribution in [0.25, 0.3) is 0 Å². The molecule has 2 aliphatic carbocycles. The zero-order chi connectivity index (χ0) is 30.7. The lowest BCUT2D eigenvalue weighted by atomic mass is 9.51. The predicted octanol–water partition coefficient (Wildman–Crippen LogP) is 1.76. The number of ether oxygens (including phenoxy) is 6. The third kappa shape index (κ3) is 5.12. The lowest BCUT2D eigenvalue weighted by molar-refractivity contribution is -0.259. The average molecular weight is 601 g/mol. The van der Waals surface area contributed by atoms with Crippen molar-refractivity contribution in [3.05, 3.63) is 12.2 Å². The fraction of sp³-hybridized carbons (Fsp3) is 0.750. The van der Waals surface area contributed by atoms with Gasteiger partial charge in [-0.15, -0.1) is 11.6 Å². The third-order valence-corrected chi connectivity index (χ3v) is 9.68. The molecule has 0 radical (unpaired) electrons. The van der Waals surface area contributed by atoms with Gasteiger partial charge in [0, 0.05) is 40.0 Å². The van der Waals surface area contributed by atoms with Gasteiger partial charge in [0.05, 0.1) is 23.3 Å². The van der Waals surface area contributed by atoms with Crippen molar-refractivity contribution in [1.29, 1.82) is 0 Å². The average Bonchev–Trinajstić information content (AvgIpc) is 3.61. The molecule has 2 aliphatic heterocycles. The van der Waals surface area contributed by atoms with E-state index in [0.29, 0.717) is 5.57 Å². The second kappa shape index (κ2) is 10.9. The minimum atomic E-state index is -2.25. The van der Waals surface area contributed by atoms with Gasteiger partial charge in [0.25, 0.3) is 0 Å². The van der Waals surface area contributed by atoms with Crippen molar-refractivity contribution < 1.29 is 57.5 Å². The van der Waals surface area contributed by atoms with Crippen molar-refractivity contribution in [2.45, 2.75) is 108 Å². The molecule has 2 saturated carbocycles. The number of halogens is 1. The summed E-state index contributed by atoms with van der Waals surface area (Å²) < 4.78 is 34.9. The zero-order valence-electron chi connectivity index (χ0n) is 24.0. The maximum Gasteiger partial charge on any atom is 0.312 e. The Hall–Kier alpha value is -2.70. The smallest absolute Gasteiger partial charge is 0.312 e. The van der Waals surface area contributed by atoms with Gasteiger partial charge in [-0.25, -0.2) is 0 Å². The second-order valence-electron chi connectivity index (χ2n) is 11.7. The number of carbonyl (C=O) groups is 5. The first-order valence-corrected chi connectivity index (χ1v) is 14.0. The molecule has 4 aliphatic rings. The van der Waals surface area contributed by atoms with E-state index in [1.807, 2.05) is 0 Å². The Morgan fingerprint density at radius 3 is 1.98 bits per heavy atom. The number of hydrogen-bond donors (Lipinski definition) is 1. The zero-order valence-corrected chi connectivity index (χ0v) is 24.7. The summed E-state index contributed by atoms with van der Waals surface area (Å²) in [6, 6.07) is 0. The summed E-state index contributed by atoms with van der Waals surface area (Å²) in [6.45, 7) is 11.9. The van der Waals surface area contributed by atoms with Gasteiger partial charge in [0.15, 0.2) is 11.7 Å². The second-order valence-corrected chi connectivity index (χ2v) is 12.2. The van der Waals surface area contributed by atoms with Gasteiger partial charge in [-0.3, -0.25) is 24.0 Å². The molecule has 0 aromatic heterocycles. The molecule has 13 heteroatoms. The quantitative estimate of drug-likeness (QED) is 0.164. The van der Waals surface area contributed by atoms with Crippen LogP contribution in [0.15, 0.2) is 12.2 Å². The molecule has 12 nitrogen and oxygen atoms in total. The summed E-state index contributed by atoms with van der Waals surface area (Å²) >= 11 is 6.78. The lowest BCUT2D eigenvalue weighted by Gasteiger charge is -2.58. The van der Waals surface area contributed by atoms with E-state index in [0.717, 1.165) is 6.92 Å². The number of carbonyl (C=O) groups excluding carboxylic acids is 5. The number of fused-ring (bicyclic) bond motifs is 3. The maximum atomic E-state index is 13.0.